The molecule has 28 heavy (non-hydrogen) atoms. The van der Waals surface area contributed by atoms with Gasteiger partial charge in [-0.25, -0.2) is 4.99 Å². The van der Waals surface area contributed by atoms with Crippen molar-refractivity contribution in [3.05, 3.63) is 45.5 Å². The lowest BCUT2D eigenvalue weighted by Crippen LogP contribution is -2.48. The Morgan fingerprint density at radius 2 is 2.07 bits per heavy atom. The standard InChI is InChI=1S/C19H26Cl2N6O/c1-3-22-19(23-11-18-24-13(2)28-26-18)25-15-6-8-27(9-7-15)12-14-4-5-16(20)17(21)10-14/h4-5,10,15H,3,6-9,11-12H2,1-2H3,(H2,22,23,25). The van der Waals surface area contributed by atoms with Crippen molar-refractivity contribution in [2.45, 2.75) is 45.8 Å². The van der Waals surface area contributed by atoms with Gasteiger partial charge in [0.15, 0.2) is 11.8 Å². The number of guanidine groups is 1. The van der Waals surface area contributed by atoms with Crippen LogP contribution < -0.4 is 10.6 Å². The highest BCUT2D eigenvalue weighted by Gasteiger charge is 2.20. The first-order chi connectivity index (χ1) is 13.5. The topological polar surface area (TPSA) is 78.6 Å². The van der Waals surface area contributed by atoms with Crippen LogP contribution in [0.5, 0.6) is 0 Å². The molecule has 3 rings (SSSR count). The SMILES string of the molecule is CCNC(=NCc1noc(C)n1)NC1CCN(Cc2ccc(Cl)c(Cl)c2)CC1. The van der Waals surface area contributed by atoms with E-state index in [2.05, 4.69) is 37.6 Å². The molecule has 1 aliphatic heterocycles. The average Bonchev–Trinajstić information content (AvgIpc) is 3.10. The number of benzene rings is 1. The van der Waals surface area contributed by atoms with E-state index in [1.807, 2.05) is 18.2 Å². The fourth-order valence-electron chi connectivity index (χ4n) is 3.20. The molecule has 7 nitrogen and oxygen atoms in total. The summed E-state index contributed by atoms with van der Waals surface area (Å²) in [5, 5.41) is 11.9. The van der Waals surface area contributed by atoms with Gasteiger partial charge in [0.25, 0.3) is 0 Å². The number of nitrogens with one attached hydrogen (secondary N) is 2. The van der Waals surface area contributed by atoms with Gasteiger partial charge in [0.1, 0.15) is 6.54 Å². The molecule has 9 heteroatoms. The number of aromatic nitrogens is 2. The number of hydrogen-bond acceptors (Lipinski definition) is 5. The lowest BCUT2D eigenvalue weighted by atomic mass is 10.0. The molecule has 2 aromatic rings. The minimum absolute atomic E-state index is 0.384. The van der Waals surface area contributed by atoms with Gasteiger partial charge in [-0.1, -0.05) is 34.4 Å². The zero-order chi connectivity index (χ0) is 19.9. The van der Waals surface area contributed by atoms with Gasteiger partial charge in [-0.3, -0.25) is 4.90 Å². The van der Waals surface area contributed by atoms with Crippen molar-refractivity contribution in [2.24, 2.45) is 4.99 Å². The molecular weight excluding hydrogens is 399 g/mol. The molecule has 0 aliphatic carbocycles. The zero-order valence-corrected chi connectivity index (χ0v) is 17.7. The lowest BCUT2D eigenvalue weighted by Gasteiger charge is -2.33. The maximum atomic E-state index is 6.12. The molecule has 2 N–H and O–H groups in total. The number of aryl methyl sites for hydroxylation is 1. The van der Waals surface area contributed by atoms with Gasteiger partial charge in [-0.2, -0.15) is 4.98 Å². The highest BCUT2D eigenvalue weighted by Crippen LogP contribution is 2.24. The molecular formula is C19H26Cl2N6O. The van der Waals surface area contributed by atoms with E-state index in [-0.39, 0.29) is 0 Å². The fourth-order valence-corrected chi connectivity index (χ4v) is 3.52. The number of likely N-dealkylation sites (tertiary alicyclic amines) is 1. The Kier molecular flexibility index (Phi) is 7.53. The summed E-state index contributed by atoms with van der Waals surface area (Å²) in [5.74, 6) is 1.93. The van der Waals surface area contributed by atoms with E-state index in [1.54, 1.807) is 6.92 Å². The molecule has 0 atom stereocenters. The van der Waals surface area contributed by atoms with Gasteiger partial charge in [0.05, 0.1) is 10.0 Å². The summed E-state index contributed by atoms with van der Waals surface area (Å²) in [5.41, 5.74) is 1.19. The molecule has 1 aromatic heterocycles. The summed E-state index contributed by atoms with van der Waals surface area (Å²) < 4.78 is 4.99. The van der Waals surface area contributed by atoms with E-state index in [1.165, 1.54) is 5.56 Å². The van der Waals surface area contributed by atoms with Crippen molar-refractivity contribution in [1.29, 1.82) is 0 Å². The average molecular weight is 425 g/mol. The molecule has 2 heterocycles. The molecule has 1 fully saturated rings. The van der Waals surface area contributed by atoms with Crippen molar-refractivity contribution in [3.8, 4) is 0 Å². The minimum atomic E-state index is 0.384. The number of nitrogens with zero attached hydrogens (tertiary/aromatic N) is 4. The number of rotatable bonds is 6. The Bertz CT molecular complexity index is 801. The second kappa shape index (κ2) is 10.1. The third kappa shape index (κ3) is 6.09. The van der Waals surface area contributed by atoms with E-state index in [0.29, 0.717) is 34.3 Å². The van der Waals surface area contributed by atoms with Crippen molar-refractivity contribution in [2.75, 3.05) is 19.6 Å². The predicted molar refractivity (Wildman–Crippen MR) is 112 cm³/mol. The van der Waals surface area contributed by atoms with Crippen LogP contribution in [0.25, 0.3) is 0 Å². The van der Waals surface area contributed by atoms with Crippen molar-refractivity contribution < 1.29 is 4.52 Å². The number of piperidine rings is 1. The predicted octanol–water partition coefficient (Wildman–Crippen LogP) is 3.40. The van der Waals surface area contributed by atoms with Crippen LogP contribution in [-0.2, 0) is 13.1 Å². The summed E-state index contributed by atoms with van der Waals surface area (Å²) in [7, 11) is 0. The maximum Gasteiger partial charge on any atom is 0.223 e. The Labute approximate surface area is 175 Å². The van der Waals surface area contributed by atoms with Gasteiger partial charge < -0.3 is 15.2 Å². The molecule has 1 saturated heterocycles. The second-order valence-corrected chi connectivity index (χ2v) is 7.68. The number of aliphatic imine (C=N–C) groups is 1. The summed E-state index contributed by atoms with van der Waals surface area (Å²) in [6.45, 7) is 7.93. The minimum Gasteiger partial charge on any atom is -0.357 e. The van der Waals surface area contributed by atoms with E-state index in [9.17, 15) is 0 Å². The highest BCUT2D eigenvalue weighted by molar-refractivity contribution is 6.42. The quantitative estimate of drug-likeness (QED) is 0.546. The molecule has 1 aliphatic rings. The lowest BCUT2D eigenvalue weighted by molar-refractivity contribution is 0.198. The molecule has 152 valence electrons. The van der Waals surface area contributed by atoms with Crippen molar-refractivity contribution in [3.63, 3.8) is 0 Å². The maximum absolute atomic E-state index is 6.12. The molecule has 0 spiro atoms. The first-order valence-electron chi connectivity index (χ1n) is 9.53. The first-order valence-corrected chi connectivity index (χ1v) is 10.3. The largest absolute Gasteiger partial charge is 0.357 e. The van der Waals surface area contributed by atoms with Crippen LogP contribution in [0.3, 0.4) is 0 Å². The second-order valence-electron chi connectivity index (χ2n) is 6.87. The van der Waals surface area contributed by atoms with Gasteiger partial charge in [0.2, 0.25) is 5.89 Å². The smallest absolute Gasteiger partial charge is 0.223 e. The third-order valence-corrected chi connectivity index (χ3v) is 5.35. The Morgan fingerprint density at radius 3 is 2.71 bits per heavy atom. The van der Waals surface area contributed by atoms with Crippen LogP contribution in [0, 0.1) is 6.92 Å². The van der Waals surface area contributed by atoms with Crippen LogP contribution in [0.4, 0.5) is 0 Å². The normalized spacial score (nSPS) is 16.4. The van der Waals surface area contributed by atoms with Crippen molar-refractivity contribution >= 4 is 29.2 Å². The van der Waals surface area contributed by atoms with Crippen LogP contribution in [0.15, 0.2) is 27.7 Å². The summed E-state index contributed by atoms with van der Waals surface area (Å²) in [6, 6.07) is 6.23. The summed E-state index contributed by atoms with van der Waals surface area (Å²) >= 11 is 12.1. The van der Waals surface area contributed by atoms with E-state index >= 15 is 0 Å². The van der Waals surface area contributed by atoms with Gasteiger partial charge in [-0.15, -0.1) is 0 Å². The number of hydrogen-bond donors (Lipinski definition) is 2. The highest BCUT2D eigenvalue weighted by atomic mass is 35.5. The van der Waals surface area contributed by atoms with Crippen molar-refractivity contribution in [1.82, 2.24) is 25.7 Å². The molecule has 0 bridgehead atoms. The van der Waals surface area contributed by atoms with E-state index in [0.717, 1.165) is 45.0 Å². The molecule has 0 unspecified atom stereocenters. The first kappa shape index (κ1) is 20.9. The third-order valence-electron chi connectivity index (χ3n) is 4.61. The van der Waals surface area contributed by atoms with Gasteiger partial charge >= 0.3 is 0 Å². The van der Waals surface area contributed by atoms with Gasteiger partial charge in [-0.05, 0) is 37.5 Å². The molecule has 0 radical (unpaired) electrons. The Morgan fingerprint density at radius 1 is 1.29 bits per heavy atom. The molecule has 0 amide bonds. The van der Waals surface area contributed by atoms with E-state index < -0.39 is 0 Å². The number of halogens is 2. The van der Waals surface area contributed by atoms with Crippen LogP contribution >= 0.6 is 23.2 Å². The summed E-state index contributed by atoms with van der Waals surface area (Å²) in [6.07, 6.45) is 2.10. The van der Waals surface area contributed by atoms with Gasteiger partial charge in [0, 0.05) is 39.1 Å². The summed E-state index contributed by atoms with van der Waals surface area (Å²) in [4.78, 5) is 11.2. The fraction of sp³-hybridized carbons (Fsp3) is 0.526. The Hall–Kier alpha value is -1.83. The zero-order valence-electron chi connectivity index (χ0n) is 16.2. The van der Waals surface area contributed by atoms with Crippen LogP contribution in [-0.4, -0.2) is 46.7 Å². The monoisotopic (exact) mass is 424 g/mol. The Balaban J connectivity index is 1.49. The van der Waals surface area contributed by atoms with Crippen LogP contribution in [0.1, 0.15) is 37.0 Å². The van der Waals surface area contributed by atoms with Crippen LogP contribution in [0.2, 0.25) is 10.0 Å². The molecule has 1 aromatic carbocycles. The molecule has 0 saturated carbocycles. The van der Waals surface area contributed by atoms with E-state index in [4.69, 9.17) is 27.7 Å².